The molecule has 2 atom stereocenters. The molecule has 4 rings (SSSR count). The van der Waals surface area contributed by atoms with Crippen LogP contribution >= 0.6 is 0 Å². The van der Waals surface area contributed by atoms with Gasteiger partial charge in [-0.3, -0.25) is 9.59 Å². The molecule has 0 amide bonds. The summed E-state index contributed by atoms with van der Waals surface area (Å²) in [6, 6.07) is 24.7. The summed E-state index contributed by atoms with van der Waals surface area (Å²) >= 11 is 0. The Morgan fingerprint density at radius 2 is 1.50 bits per heavy atom. The number of nitrogens with one attached hydrogen (secondary N) is 1. The first-order valence-corrected chi connectivity index (χ1v) is 11.1. The van der Waals surface area contributed by atoms with Gasteiger partial charge < -0.3 is 9.72 Å². The van der Waals surface area contributed by atoms with E-state index in [0.29, 0.717) is 17.5 Å². The number of H-pyrrole nitrogens is 1. The summed E-state index contributed by atoms with van der Waals surface area (Å²) in [5, 5.41) is 0.849. The molecule has 0 saturated heterocycles. The minimum Gasteiger partial charge on any atom is -0.449 e. The summed E-state index contributed by atoms with van der Waals surface area (Å²) in [6.07, 6.45) is 2.17. The lowest BCUT2D eigenvalue weighted by Crippen LogP contribution is -2.24. The molecule has 162 valence electrons. The van der Waals surface area contributed by atoms with E-state index in [9.17, 15) is 9.59 Å². The molecule has 0 radical (unpaired) electrons. The molecule has 0 bridgehead atoms. The van der Waals surface area contributed by atoms with Crippen molar-refractivity contribution >= 4 is 22.7 Å². The molecule has 3 aromatic carbocycles. The number of ether oxygens (including phenoxy) is 1. The summed E-state index contributed by atoms with van der Waals surface area (Å²) in [5.41, 5.74) is 4.18. The molecular weight excluding hydrogens is 398 g/mol. The van der Waals surface area contributed by atoms with Gasteiger partial charge in [0.25, 0.3) is 0 Å². The molecule has 0 unspecified atom stereocenters. The van der Waals surface area contributed by atoms with Crippen molar-refractivity contribution in [2.24, 2.45) is 0 Å². The lowest BCUT2D eigenvalue weighted by molar-refractivity contribution is -0.149. The SMILES string of the molecule is CCc1cccc2c(C(=O)[C@@H](OC(=O)[C@H](CC)c3ccccc3)c3ccccc3)c[nH]c12. The van der Waals surface area contributed by atoms with Gasteiger partial charge in [0.2, 0.25) is 5.78 Å². The zero-order valence-electron chi connectivity index (χ0n) is 18.4. The second kappa shape index (κ2) is 9.65. The fraction of sp³-hybridized carbons (Fsp3) is 0.214. The number of aromatic amines is 1. The first-order valence-electron chi connectivity index (χ1n) is 11.1. The average Bonchev–Trinajstić information content (AvgIpc) is 3.28. The number of carbonyl (C=O) groups excluding carboxylic acids is 2. The van der Waals surface area contributed by atoms with E-state index in [1.54, 1.807) is 6.20 Å². The Labute approximate surface area is 188 Å². The summed E-state index contributed by atoms with van der Waals surface area (Å²) in [7, 11) is 0. The summed E-state index contributed by atoms with van der Waals surface area (Å²) in [6.45, 7) is 4.03. The Kier molecular flexibility index (Phi) is 6.50. The molecule has 4 aromatic rings. The van der Waals surface area contributed by atoms with E-state index < -0.39 is 18.0 Å². The lowest BCUT2D eigenvalue weighted by atomic mass is 9.95. The smallest absolute Gasteiger partial charge is 0.314 e. The zero-order chi connectivity index (χ0) is 22.5. The number of para-hydroxylation sites is 1. The van der Waals surface area contributed by atoms with E-state index in [0.717, 1.165) is 28.5 Å². The zero-order valence-corrected chi connectivity index (χ0v) is 18.4. The number of hydrogen-bond acceptors (Lipinski definition) is 3. The van der Waals surface area contributed by atoms with Gasteiger partial charge in [0.05, 0.1) is 5.92 Å². The summed E-state index contributed by atoms with van der Waals surface area (Å²) in [5.74, 6) is -1.05. The highest BCUT2D eigenvalue weighted by Crippen LogP contribution is 2.31. The van der Waals surface area contributed by atoms with E-state index in [4.69, 9.17) is 4.74 Å². The van der Waals surface area contributed by atoms with Crippen molar-refractivity contribution in [2.75, 3.05) is 0 Å². The van der Waals surface area contributed by atoms with Gasteiger partial charge >= 0.3 is 5.97 Å². The molecule has 32 heavy (non-hydrogen) atoms. The molecule has 0 aliphatic carbocycles. The van der Waals surface area contributed by atoms with Crippen molar-refractivity contribution in [3.8, 4) is 0 Å². The van der Waals surface area contributed by atoms with Gasteiger partial charge in [-0.2, -0.15) is 0 Å². The molecule has 1 heterocycles. The van der Waals surface area contributed by atoms with E-state index in [2.05, 4.69) is 11.9 Å². The van der Waals surface area contributed by atoms with Crippen LogP contribution in [-0.4, -0.2) is 16.7 Å². The third kappa shape index (κ3) is 4.22. The van der Waals surface area contributed by atoms with Crippen LogP contribution in [0.1, 0.15) is 59.3 Å². The van der Waals surface area contributed by atoms with E-state index in [1.165, 1.54) is 0 Å². The molecule has 0 spiro atoms. The van der Waals surface area contributed by atoms with Crippen LogP contribution in [0.5, 0.6) is 0 Å². The minimum absolute atomic E-state index is 0.230. The number of ketones is 1. The van der Waals surface area contributed by atoms with Crippen LogP contribution < -0.4 is 0 Å². The maximum absolute atomic E-state index is 13.7. The molecule has 0 aliphatic rings. The largest absolute Gasteiger partial charge is 0.449 e. The average molecular weight is 426 g/mol. The van der Waals surface area contributed by atoms with Crippen LogP contribution in [0.4, 0.5) is 0 Å². The minimum atomic E-state index is -1.01. The maximum Gasteiger partial charge on any atom is 0.314 e. The number of fused-ring (bicyclic) bond motifs is 1. The van der Waals surface area contributed by atoms with E-state index in [1.807, 2.05) is 85.8 Å². The van der Waals surface area contributed by atoms with E-state index >= 15 is 0 Å². The standard InChI is InChI=1S/C28H27NO3/c1-3-19-16-11-17-23-24(18-29-25(19)23)26(30)27(21-14-9-6-10-15-21)32-28(31)22(4-2)20-12-7-5-8-13-20/h5-18,22,27,29H,3-4H2,1-2H3/t22-,27+/m1/s1. The molecule has 4 heteroatoms. The topological polar surface area (TPSA) is 59.2 Å². The molecule has 0 aliphatic heterocycles. The van der Waals surface area contributed by atoms with Crippen molar-refractivity contribution in [1.82, 2.24) is 4.98 Å². The van der Waals surface area contributed by atoms with Crippen LogP contribution in [0, 0.1) is 0 Å². The molecular formula is C28H27NO3. The number of benzene rings is 3. The lowest BCUT2D eigenvalue weighted by Gasteiger charge is -2.21. The van der Waals surface area contributed by atoms with Crippen LogP contribution in [0.3, 0.4) is 0 Å². The van der Waals surface area contributed by atoms with Gasteiger partial charge in [0.15, 0.2) is 6.10 Å². The van der Waals surface area contributed by atoms with Gasteiger partial charge in [0, 0.05) is 28.2 Å². The highest BCUT2D eigenvalue weighted by atomic mass is 16.5. The quantitative estimate of drug-likeness (QED) is 0.263. The van der Waals surface area contributed by atoms with Crippen LogP contribution in [-0.2, 0) is 16.0 Å². The van der Waals surface area contributed by atoms with Crippen molar-refractivity contribution in [3.05, 3.63) is 107 Å². The fourth-order valence-electron chi connectivity index (χ4n) is 4.18. The highest BCUT2D eigenvalue weighted by molar-refractivity contribution is 6.11. The van der Waals surface area contributed by atoms with Crippen molar-refractivity contribution in [2.45, 2.75) is 38.7 Å². The second-order valence-electron chi connectivity index (χ2n) is 7.86. The van der Waals surface area contributed by atoms with Gasteiger partial charge in [-0.05, 0) is 24.0 Å². The first-order chi connectivity index (χ1) is 15.6. The second-order valence-corrected chi connectivity index (χ2v) is 7.86. The van der Waals surface area contributed by atoms with E-state index in [-0.39, 0.29) is 5.78 Å². The maximum atomic E-state index is 13.7. The predicted octanol–water partition coefficient (Wildman–Crippen LogP) is 6.39. The van der Waals surface area contributed by atoms with Crippen LogP contribution in [0.15, 0.2) is 85.1 Å². The van der Waals surface area contributed by atoms with Crippen LogP contribution in [0.2, 0.25) is 0 Å². The number of carbonyl (C=O) groups is 2. The molecule has 1 N–H and O–H groups in total. The molecule has 1 aromatic heterocycles. The van der Waals surface area contributed by atoms with Gasteiger partial charge in [-0.25, -0.2) is 0 Å². The Morgan fingerprint density at radius 1 is 0.844 bits per heavy atom. The molecule has 0 fully saturated rings. The number of aromatic nitrogens is 1. The Balaban J connectivity index is 1.71. The first kappa shape index (κ1) is 21.6. The number of hydrogen-bond donors (Lipinski definition) is 1. The summed E-state index contributed by atoms with van der Waals surface area (Å²) < 4.78 is 5.93. The Bertz CT molecular complexity index is 1210. The number of Topliss-reactive ketones (excluding diaryl/α,β-unsaturated/α-hetero) is 1. The Hall–Kier alpha value is -3.66. The highest BCUT2D eigenvalue weighted by Gasteiger charge is 2.31. The van der Waals surface area contributed by atoms with Crippen molar-refractivity contribution in [3.63, 3.8) is 0 Å². The van der Waals surface area contributed by atoms with Crippen molar-refractivity contribution in [1.29, 1.82) is 0 Å². The van der Waals surface area contributed by atoms with Crippen LogP contribution in [0.25, 0.3) is 10.9 Å². The normalized spacial score (nSPS) is 12.9. The van der Waals surface area contributed by atoms with Crippen molar-refractivity contribution < 1.29 is 14.3 Å². The third-order valence-corrected chi connectivity index (χ3v) is 5.92. The van der Waals surface area contributed by atoms with Gasteiger partial charge in [-0.15, -0.1) is 0 Å². The monoisotopic (exact) mass is 425 g/mol. The summed E-state index contributed by atoms with van der Waals surface area (Å²) in [4.78, 5) is 30.2. The Morgan fingerprint density at radius 3 is 2.12 bits per heavy atom. The predicted molar refractivity (Wildman–Crippen MR) is 127 cm³/mol. The molecule has 0 saturated carbocycles. The number of rotatable bonds is 8. The third-order valence-electron chi connectivity index (χ3n) is 5.92. The number of aryl methyl sites for hydroxylation is 1. The van der Waals surface area contributed by atoms with Gasteiger partial charge in [0.1, 0.15) is 0 Å². The fourth-order valence-corrected chi connectivity index (χ4v) is 4.18. The molecule has 4 nitrogen and oxygen atoms in total. The number of esters is 1. The van der Waals surface area contributed by atoms with Gasteiger partial charge in [-0.1, -0.05) is 92.7 Å².